The first-order valence-electron chi connectivity index (χ1n) is 5.89. The number of aromatic nitrogens is 1. The maximum Gasteiger partial charge on any atom is 0.242 e. The Kier molecular flexibility index (Phi) is 4.57. The zero-order valence-corrected chi connectivity index (χ0v) is 12.1. The van der Waals surface area contributed by atoms with E-state index < -0.39 is 5.38 Å². The Balaban J connectivity index is 3.24. The number of Topliss-reactive ketones (excluding diaryl/α,β-unsaturated/α-hetero) is 1. The van der Waals surface area contributed by atoms with Gasteiger partial charge in [-0.25, -0.2) is 0 Å². The number of alkyl halides is 1. The van der Waals surface area contributed by atoms with Gasteiger partial charge < -0.3 is 9.88 Å². The molecule has 18 heavy (non-hydrogen) atoms. The average Bonchev–Trinajstić information content (AvgIpc) is 2.61. The highest BCUT2D eigenvalue weighted by Gasteiger charge is 2.23. The molecule has 1 heterocycles. The molecule has 1 aromatic rings. The van der Waals surface area contributed by atoms with Gasteiger partial charge in [-0.3, -0.25) is 9.59 Å². The van der Waals surface area contributed by atoms with Gasteiger partial charge in [0.2, 0.25) is 5.91 Å². The largest absolute Gasteiger partial charge is 0.357 e. The van der Waals surface area contributed by atoms with Gasteiger partial charge in [0, 0.05) is 24.0 Å². The molecule has 0 radical (unpaired) electrons. The van der Waals surface area contributed by atoms with Gasteiger partial charge in [0.1, 0.15) is 6.04 Å². The molecule has 0 aliphatic heterocycles. The van der Waals surface area contributed by atoms with E-state index in [9.17, 15) is 9.59 Å². The third-order valence-electron chi connectivity index (χ3n) is 3.12. The van der Waals surface area contributed by atoms with Gasteiger partial charge in [0.05, 0.1) is 5.38 Å². The Morgan fingerprint density at radius 1 is 1.33 bits per heavy atom. The van der Waals surface area contributed by atoms with Crippen molar-refractivity contribution >= 4 is 23.3 Å². The van der Waals surface area contributed by atoms with E-state index in [1.807, 2.05) is 18.4 Å². The summed E-state index contributed by atoms with van der Waals surface area (Å²) < 4.78 is 1.85. The summed E-state index contributed by atoms with van der Waals surface area (Å²) in [6, 6.07) is 1.44. The van der Waals surface area contributed by atoms with Crippen molar-refractivity contribution in [3.8, 4) is 0 Å². The molecule has 4 nitrogen and oxygen atoms in total. The molecule has 1 rings (SSSR count). The number of carbonyl (C=O) groups excluding carboxylic acids is 2. The van der Waals surface area contributed by atoms with Crippen LogP contribution in [-0.4, -0.2) is 28.7 Å². The molecule has 0 spiro atoms. The lowest BCUT2D eigenvalue weighted by Crippen LogP contribution is -2.29. The fraction of sp³-hybridized carbons (Fsp3) is 0.538. The summed E-state index contributed by atoms with van der Waals surface area (Å²) in [5.74, 6) is -0.199. The average molecular weight is 271 g/mol. The van der Waals surface area contributed by atoms with Crippen molar-refractivity contribution in [2.75, 3.05) is 7.05 Å². The van der Waals surface area contributed by atoms with Gasteiger partial charge in [0.25, 0.3) is 0 Å². The van der Waals surface area contributed by atoms with Crippen LogP contribution in [-0.2, 0) is 4.79 Å². The van der Waals surface area contributed by atoms with E-state index in [0.29, 0.717) is 5.56 Å². The summed E-state index contributed by atoms with van der Waals surface area (Å²) in [5, 5.41) is 2.05. The van der Waals surface area contributed by atoms with Crippen molar-refractivity contribution in [3.05, 3.63) is 23.0 Å². The monoisotopic (exact) mass is 270 g/mol. The minimum Gasteiger partial charge on any atom is -0.357 e. The lowest BCUT2D eigenvalue weighted by molar-refractivity contribution is -0.123. The maximum absolute atomic E-state index is 11.9. The first kappa shape index (κ1) is 14.8. The number of ketones is 1. The zero-order chi connectivity index (χ0) is 14.0. The Morgan fingerprint density at radius 3 is 2.33 bits per heavy atom. The minimum absolute atomic E-state index is 0.0882. The highest BCUT2D eigenvalue weighted by molar-refractivity contribution is 6.33. The van der Waals surface area contributed by atoms with Crippen LogP contribution in [0.15, 0.2) is 6.07 Å². The van der Waals surface area contributed by atoms with Crippen molar-refractivity contribution in [3.63, 3.8) is 0 Å². The number of halogens is 1. The van der Waals surface area contributed by atoms with Gasteiger partial charge in [-0.1, -0.05) is 0 Å². The number of rotatable bonds is 4. The smallest absolute Gasteiger partial charge is 0.242 e. The number of hydrogen-bond donors (Lipinski definition) is 1. The number of hydrogen-bond acceptors (Lipinski definition) is 2. The summed E-state index contributed by atoms with van der Waals surface area (Å²) in [7, 11) is 1.60. The molecule has 0 aliphatic rings. The van der Waals surface area contributed by atoms with Crippen molar-refractivity contribution < 1.29 is 9.59 Å². The number of likely N-dealkylation sites (N-methyl/N-ethyl adjacent to an activating group) is 1. The highest BCUT2D eigenvalue weighted by atomic mass is 35.5. The van der Waals surface area contributed by atoms with Crippen LogP contribution in [0.5, 0.6) is 0 Å². The van der Waals surface area contributed by atoms with Crippen molar-refractivity contribution in [1.82, 2.24) is 9.88 Å². The summed E-state index contributed by atoms with van der Waals surface area (Å²) in [4.78, 5) is 23.6. The molecule has 1 aromatic heterocycles. The Hall–Kier alpha value is -1.29. The van der Waals surface area contributed by atoms with Crippen LogP contribution in [0.4, 0.5) is 0 Å². The van der Waals surface area contributed by atoms with E-state index in [2.05, 4.69) is 5.32 Å². The summed E-state index contributed by atoms with van der Waals surface area (Å²) in [6.07, 6.45) is 0. The summed E-state index contributed by atoms with van der Waals surface area (Å²) in [6.45, 7) is 7.16. The molecule has 1 amide bonds. The fourth-order valence-electron chi connectivity index (χ4n) is 2.16. The minimum atomic E-state index is -0.561. The summed E-state index contributed by atoms with van der Waals surface area (Å²) in [5.41, 5.74) is 2.25. The molecule has 0 aliphatic carbocycles. The number of nitrogens with zero attached hydrogens (tertiary/aromatic N) is 1. The van der Waals surface area contributed by atoms with Gasteiger partial charge in [-0.15, -0.1) is 11.6 Å². The van der Waals surface area contributed by atoms with Gasteiger partial charge >= 0.3 is 0 Å². The van der Waals surface area contributed by atoms with Gasteiger partial charge in [-0.05, 0) is 33.8 Å². The van der Waals surface area contributed by atoms with Crippen LogP contribution >= 0.6 is 11.6 Å². The molecule has 0 bridgehead atoms. The molecule has 1 N–H and O–H groups in total. The second kappa shape index (κ2) is 5.57. The lowest BCUT2D eigenvalue weighted by atomic mass is 10.1. The topological polar surface area (TPSA) is 51.1 Å². The Labute approximate surface area is 112 Å². The molecule has 5 heteroatoms. The van der Waals surface area contributed by atoms with Crippen molar-refractivity contribution in [1.29, 1.82) is 0 Å². The van der Waals surface area contributed by atoms with E-state index in [1.165, 1.54) is 0 Å². The third-order valence-corrected chi connectivity index (χ3v) is 3.32. The first-order valence-corrected chi connectivity index (χ1v) is 6.33. The van der Waals surface area contributed by atoms with Crippen LogP contribution in [0, 0.1) is 13.8 Å². The molecule has 0 fully saturated rings. The van der Waals surface area contributed by atoms with Crippen LogP contribution in [0.25, 0.3) is 0 Å². The van der Waals surface area contributed by atoms with Crippen molar-refractivity contribution in [2.24, 2.45) is 0 Å². The van der Waals surface area contributed by atoms with E-state index in [1.54, 1.807) is 27.0 Å². The fourth-order valence-corrected chi connectivity index (χ4v) is 2.28. The van der Waals surface area contributed by atoms with Crippen molar-refractivity contribution in [2.45, 2.75) is 39.1 Å². The Morgan fingerprint density at radius 2 is 1.89 bits per heavy atom. The quantitative estimate of drug-likeness (QED) is 0.674. The number of carbonyl (C=O) groups is 2. The number of nitrogens with one attached hydrogen (secondary N) is 1. The molecule has 2 unspecified atom stereocenters. The second-order valence-electron chi connectivity index (χ2n) is 4.43. The van der Waals surface area contributed by atoms with E-state index in [4.69, 9.17) is 11.6 Å². The molecule has 0 aromatic carbocycles. The predicted molar refractivity (Wildman–Crippen MR) is 72.3 cm³/mol. The van der Waals surface area contributed by atoms with E-state index in [0.717, 1.165) is 11.4 Å². The lowest BCUT2D eigenvalue weighted by Gasteiger charge is -2.17. The van der Waals surface area contributed by atoms with E-state index >= 15 is 0 Å². The standard InChI is InChI=1S/C13H19ClN2O2/c1-7-6-11(12(17)8(2)14)9(3)16(7)10(4)13(18)15-5/h6,8,10H,1-5H3,(H,15,18). The van der Waals surface area contributed by atoms with Gasteiger partial charge in [-0.2, -0.15) is 0 Å². The highest BCUT2D eigenvalue weighted by Crippen LogP contribution is 2.22. The first-order chi connectivity index (χ1) is 8.31. The Bertz CT molecular complexity index is 478. The number of aryl methyl sites for hydroxylation is 1. The number of amides is 1. The molecular weight excluding hydrogens is 252 g/mol. The SMILES string of the molecule is CNC(=O)C(C)n1c(C)cc(C(=O)C(C)Cl)c1C. The molecule has 0 saturated heterocycles. The molecule has 2 atom stereocenters. The van der Waals surface area contributed by atoms with Crippen LogP contribution < -0.4 is 5.32 Å². The van der Waals surface area contributed by atoms with Crippen LogP contribution in [0.2, 0.25) is 0 Å². The van der Waals surface area contributed by atoms with Crippen LogP contribution in [0.1, 0.15) is 41.6 Å². The predicted octanol–water partition coefficient (Wildman–Crippen LogP) is 2.22. The normalized spacial score (nSPS) is 14.1. The van der Waals surface area contributed by atoms with Gasteiger partial charge in [0.15, 0.2) is 5.78 Å². The summed E-state index contributed by atoms with van der Waals surface area (Å²) >= 11 is 5.83. The van der Waals surface area contributed by atoms with E-state index in [-0.39, 0.29) is 17.7 Å². The molecule has 0 saturated carbocycles. The zero-order valence-electron chi connectivity index (χ0n) is 11.4. The van der Waals surface area contributed by atoms with Crippen LogP contribution in [0.3, 0.4) is 0 Å². The molecule has 100 valence electrons. The third kappa shape index (κ3) is 2.58. The maximum atomic E-state index is 11.9. The second-order valence-corrected chi connectivity index (χ2v) is 5.08. The molecular formula is C13H19ClN2O2.